The van der Waals surface area contributed by atoms with Gasteiger partial charge in [-0.25, -0.2) is 0 Å². The van der Waals surface area contributed by atoms with Crippen LogP contribution in [0.15, 0.2) is 0 Å². The number of carbonyl (C=O) groups excluding carboxylic acids is 2. The molecule has 1 aliphatic rings. The molecule has 6 N–H and O–H groups in total. The molecular formula is C17H32N2O4. The summed E-state index contributed by atoms with van der Waals surface area (Å²) in [5.74, 6) is -2.25. The zero-order chi connectivity index (χ0) is 17.6. The summed E-state index contributed by atoms with van der Waals surface area (Å²) in [5, 5.41) is 20.8. The molecule has 0 spiro atoms. The Labute approximate surface area is 138 Å². The lowest BCUT2D eigenvalue weighted by Gasteiger charge is -2.33. The summed E-state index contributed by atoms with van der Waals surface area (Å²) in [6, 6.07) is -0.602. The van der Waals surface area contributed by atoms with E-state index in [1.54, 1.807) is 13.8 Å². The molecule has 6 nitrogen and oxygen atoms in total. The second kappa shape index (κ2) is 9.47. The molecule has 0 bridgehead atoms. The molecule has 0 aromatic rings. The lowest BCUT2D eigenvalue weighted by Crippen LogP contribution is -2.51. The van der Waals surface area contributed by atoms with Gasteiger partial charge in [-0.05, 0) is 18.3 Å². The summed E-state index contributed by atoms with van der Waals surface area (Å²) in [6.45, 7) is 3.07. The summed E-state index contributed by atoms with van der Waals surface area (Å²) in [7, 11) is 0. The highest BCUT2D eigenvalue weighted by molar-refractivity contribution is 6.38. The third-order valence-electron chi connectivity index (χ3n) is 4.97. The van der Waals surface area contributed by atoms with Crippen LogP contribution in [-0.4, -0.2) is 46.6 Å². The summed E-state index contributed by atoms with van der Waals surface area (Å²) >= 11 is 0. The molecule has 0 saturated heterocycles. The van der Waals surface area contributed by atoms with Crippen molar-refractivity contribution in [2.45, 2.75) is 70.6 Å². The van der Waals surface area contributed by atoms with Crippen molar-refractivity contribution in [3.63, 3.8) is 0 Å². The van der Waals surface area contributed by atoms with E-state index in [0.29, 0.717) is 12.3 Å². The van der Waals surface area contributed by atoms with Crippen LogP contribution < -0.4 is 11.5 Å². The average Bonchev–Trinajstić information content (AvgIpc) is 2.53. The standard InChI is InChI=1S/C17H32N2O4/c1-10(2)14(16(22)13(20)9-18)17(23)15(21)12(19)8-11-6-4-3-5-7-11/h10-12,14-15,17,21,23H,3-9,18-19H2,1-2H3/t12-,14-,15+,17+/m0/s1. The second-order valence-corrected chi connectivity index (χ2v) is 7.15. The second-order valence-electron chi connectivity index (χ2n) is 7.15. The van der Waals surface area contributed by atoms with Crippen LogP contribution in [0.25, 0.3) is 0 Å². The highest BCUT2D eigenvalue weighted by Gasteiger charge is 2.39. The van der Waals surface area contributed by atoms with Crippen LogP contribution in [0.4, 0.5) is 0 Å². The van der Waals surface area contributed by atoms with Crippen molar-refractivity contribution in [2.24, 2.45) is 29.2 Å². The molecule has 0 aromatic heterocycles. The van der Waals surface area contributed by atoms with Crippen LogP contribution in [0.1, 0.15) is 52.4 Å². The number of rotatable bonds is 9. The lowest BCUT2D eigenvalue weighted by molar-refractivity contribution is -0.144. The number of Topliss-reactive ketones (excluding diaryl/α,β-unsaturated/α-hetero) is 2. The third kappa shape index (κ3) is 5.64. The number of hydrogen-bond acceptors (Lipinski definition) is 6. The molecule has 1 saturated carbocycles. The average molecular weight is 328 g/mol. The lowest BCUT2D eigenvalue weighted by atomic mass is 9.78. The van der Waals surface area contributed by atoms with Gasteiger partial charge in [0.1, 0.15) is 0 Å². The summed E-state index contributed by atoms with van der Waals surface area (Å²) < 4.78 is 0. The number of ketones is 2. The SMILES string of the molecule is CC(C)[C@@H](C(=O)C(=O)CN)[C@@H](O)[C@H](O)[C@@H](N)CC1CCCCC1. The van der Waals surface area contributed by atoms with Crippen molar-refractivity contribution < 1.29 is 19.8 Å². The number of aliphatic hydroxyl groups excluding tert-OH is 2. The first-order chi connectivity index (χ1) is 10.8. The highest BCUT2D eigenvalue weighted by Crippen LogP contribution is 2.29. The van der Waals surface area contributed by atoms with Gasteiger partial charge < -0.3 is 21.7 Å². The third-order valence-corrected chi connectivity index (χ3v) is 4.97. The normalized spacial score (nSPS) is 21.7. The molecule has 0 heterocycles. The number of nitrogens with two attached hydrogens (primary N) is 2. The van der Waals surface area contributed by atoms with E-state index in [1.165, 1.54) is 19.3 Å². The minimum Gasteiger partial charge on any atom is -0.390 e. The smallest absolute Gasteiger partial charge is 0.212 e. The zero-order valence-corrected chi connectivity index (χ0v) is 14.3. The largest absolute Gasteiger partial charge is 0.390 e. The molecule has 0 aliphatic heterocycles. The predicted molar refractivity (Wildman–Crippen MR) is 88.6 cm³/mol. The Kier molecular flexibility index (Phi) is 8.33. The van der Waals surface area contributed by atoms with Crippen molar-refractivity contribution in [3.8, 4) is 0 Å². The van der Waals surface area contributed by atoms with Crippen molar-refractivity contribution in [1.29, 1.82) is 0 Å². The van der Waals surface area contributed by atoms with E-state index in [2.05, 4.69) is 0 Å². The minimum atomic E-state index is -1.35. The van der Waals surface area contributed by atoms with Crippen LogP contribution >= 0.6 is 0 Å². The van der Waals surface area contributed by atoms with Crippen LogP contribution in [0, 0.1) is 17.8 Å². The maximum absolute atomic E-state index is 12.1. The zero-order valence-electron chi connectivity index (χ0n) is 14.3. The van der Waals surface area contributed by atoms with E-state index in [1.807, 2.05) is 0 Å². The van der Waals surface area contributed by atoms with E-state index in [9.17, 15) is 19.8 Å². The fraction of sp³-hybridized carbons (Fsp3) is 0.882. The van der Waals surface area contributed by atoms with E-state index in [-0.39, 0.29) is 12.5 Å². The van der Waals surface area contributed by atoms with Crippen molar-refractivity contribution in [2.75, 3.05) is 6.54 Å². The molecule has 6 heteroatoms. The molecule has 1 fully saturated rings. The van der Waals surface area contributed by atoms with Crippen LogP contribution in [0.3, 0.4) is 0 Å². The van der Waals surface area contributed by atoms with Gasteiger partial charge in [-0.2, -0.15) is 0 Å². The Hall–Kier alpha value is -0.820. The van der Waals surface area contributed by atoms with Gasteiger partial charge in [0.15, 0.2) is 0 Å². The number of aliphatic hydroxyl groups is 2. The van der Waals surface area contributed by atoms with Gasteiger partial charge in [-0.1, -0.05) is 46.0 Å². The molecule has 1 aliphatic carbocycles. The molecule has 0 amide bonds. The van der Waals surface area contributed by atoms with Gasteiger partial charge in [-0.15, -0.1) is 0 Å². The monoisotopic (exact) mass is 328 g/mol. The Bertz CT molecular complexity index is 394. The van der Waals surface area contributed by atoms with Crippen molar-refractivity contribution in [3.05, 3.63) is 0 Å². The first-order valence-electron chi connectivity index (χ1n) is 8.68. The fourth-order valence-corrected chi connectivity index (χ4v) is 3.55. The summed E-state index contributed by atoms with van der Waals surface area (Å²) in [6.07, 6.45) is 3.82. The van der Waals surface area contributed by atoms with Crippen LogP contribution in [0.2, 0.25) is 0 Å². The maximum Gasteiger partial charge on any atom is 0.212 e. The number of carbonyl (C=O) groups is 2. The molecule has 0 aromatic carbocycles. The van der Waals surface area contributed by atoms with E-state index >= 15 is 0 Å². The number of hydrogen-bond donors (Lipinski definition) is 4. The molecule has 0 radical (unpaired) electrons. The highest BCUT2D eigenvalue weighted by atomic mass is 16.3. The Morgan fingerprint density at radius 3 is 2.13 bits per heavy atom. The van der Waals surface area contributed by atoms with Gasteiger partial charge in [0.05, 0.1) is 24.7 Å². The van der Waals surface area contributed by atoms with Gasteiger partial charge in [-0.3, -0.25) is 9.59 Å². The Morgan fingerprint density at radius 1 is 1.09 bits per heavy atom. The van der Waals surface area contributed by atoms with Crippen molar-refractivity contribution >= 4 is 11.6 Å². The Morgan fingerprint density at radius 2 is 1.65 bits per heavy atom. The Balaban J connectivity index is 2.71. The van der Waals surface area contributed by atoms with E-state index in [0.717, 1.165) is 12.8 Å². The molecule has 23 heavy (non-hydrogen) atoms. The first kappa shape index (κ1) is 20.2. The minimum absolute atomic E-state index is 0.287. The van der Waals surface area contributed by atoms with Crippen LogP contribution in [-0.2, 0) is 9.59 Å². The summed E-state index contributed by atoms with van der Waals surface area (Å²) in [5.41, 5.74) is 11.3. The summed E-state index contributed by atoms with van der Waals surface area (Å²) in [4.78, 5) is 23.7. The molecule has 134 valence electrons. The fourth-order valence-electron chi connectivity index (χ4n) is 3.55. The van der Waals surface area contributed by atoms with Gasteiger partial charge in [0.25, 0.3) is 0 Å². The topological polar surface area (TPSA) is 127 Å². The van der Waals surface area contributed by atoms with Crippen LogP contribution in [0.5, 0.6) is 0 Å². The van der Waals surface area contributed by atoms with E-state index < -0.39 is 35.7 Å². The molecular weight excluding hydrogens is 296 g/mol. The quantitative estimate of drug-likeness (QED) is 0.453. The van der Waals surface area contributed by atoms with E-state index in [4.69, 9.17) is 11.5 Å². The molecule has 0 unspecified atom stereocenters. The van der Waals surface area contributed by atoms with Gasteiger partial charge >= 0.3 is 0 Å². The first-order valence-corrected chi connectivity index (χ1v) is 8.68. The predicted octanol–water partition coefficient (Wildman–Crippen LogP) is 0.375. The maximum atomic E-state index is 12.1. The molecule has 1 rings (SSSR count). The van der Waals surface area contributed by atoms with Crippen molar-refractivity contribution in [1.82, 2.24) is 0 Å². The van der Waals surface area contributed by atoms with Gasteiger partial charge in [0, 0.05) is 6.04 Å². The van der Waals surface area contributed by atoms with Gasteiger partial charge in [0.2, 0.25) is 11.6 Å². The molecule has 4 atom stereocenters.